The van der Waals surface area contributed by atoms with Gasteiger partial charge in [-0.05, 0) is 37.5 Å². The lowest BCUT2D eigenvalue weighted by Gasteiger charge is -2.16. The van der Waals surface area contributed by atoms with E-state index < -0.39 is 0 Å². The summed E-state index contributed by atoms with van der Waals surface area (Å²) in [5, 5.41) is 0. The van der Waals surface area contributed by atoms with E-state index in [1.807, 2.05) is 0 Å². The summed E-state index contributed by atoms with van der Waals surface area (Å²) in [6, 6.07) is 6.90. The number of imide groups is 1. The van der Waals surface area contributed by atoms with Crippen molar-refractivity contribution in [3.8, 4) is 0 Å². The molecule has 0 radical (unpaired) electrons. The molecule has 1 heterocycles. The van der Waals surface area contributed by atoms with E-state index in [0.717, 1.165) is 18.6 Å². The van der Waals surface area contributed by atoms with Crippen molar-refractivity contribution in [1.29, 1.82) is 0 Å². The smallest absolute Gasteiger partial charge is 0.261 e. The lowest BCUT2D eigenvalue weighted by molar-refractivity contribution is 0.0466. The number of fused-ring (bicyclic) bond motifs is 1. The third-order valence-electron chi connectivity index (χ3n) is 4.10. The molecular weight excluding hydrogens is 294 g/mol. The Hall–Kier alpha value is -2.14. The van der Waals surface area contributed by atoms with Crippen LogP contribution < -0.4 is 0 Å². The molecule has 0 aromatic heterocycles. The van der Waals surface area contributed by atoms with Gasteiger partial charge in [-0.25, -0.2) is 0 Å². The Morgan fingerprint density at radius 3 is 2.35 bits per heavy atom. The molecule has 0 unspecified atom stereocenters. The number of nitrogens with zero attached hydrogens (tertiary/aromatic N) is 1. The maximum atomic E-state index is 12.2. The van der Waals surface area contributed by atoms with Gasteiger partial charge >= 0.3 is 0 Å². The number of carbonyl (C=O) groups is 2. The molecule has 0 bridgehead atoms. The van der Waals surface area contributed by atoms with E-state index >= 15 is 0 Å². The lowest BCUT2D eigenvalue weighted by atomic mass is 10.1. The molecule has 0 atom stereocenters. The molecule has 122 valence electrons. The Balaban J connectivity index is 1.37. The molecule has 0 saturated heterocycles. The molecule has 5 heteroatoms. The molecule has 0 spiro atoms. The zero-order chi connectivity index (χ0) is 16.1. The quantitative estimate of drug-likeness (QED) is 0.573. The molecule has 1 aliphatic heterocycles. The predicted molar refractivity (Wildman–Crippen MR) is 85.1 cm³/mol. The van der Waals surface area contributed by atoms with Crippen LogP contribution in [-0.2, 0) is 9.47 Å². The van der Waals surface area contributed by atoms with Gasteiger partial charge < -0.3 is 9.47 Å². The van der Waals surface area contributed by atoms with Crippen LogP contribution in [-0.4, -0.2) is 43.1 Å². The van der Waals surface area contributed by atoms with E-state index in [1.165, 1.54) is 17.7 Å². The van der Waals surface area contributed by atoms with Gasteiger partial charge in [-0.15, -0.1) is 0 Å². The largest absolute Gasteiger partial charge is 0.496 e. The minimum Gasteiger partial charge on any atom is -0.496 e. The number of rotatable bonds is 7. The molecule has 1 aliphatic carbocycles. The first kappa shape index (κ1) is 15.7. The van der Waals surface area contributed by atoms with Gasteiger partial charge in [0.25, 0.3) is 11.8 Å². The van der Waals surface area contributed by atoms with Crippen LogP contribution in [0.4, 0.5) is 0 Å². The maximum absolute atomic E-state index is 12.2. The Bertz CT molecular complexity index is 588. The molecule has 2 amide bonds. The number of allylic oxidation sites excluding steroid dienone is 2. The highest BCUT2D eigenvalue weighted by atomic mass is 16.5. The molecule has 1 aromatic rings. The fourth-order valence-electron chi connectivity index (χ4n) is 2.87. The number of hydrogen-bond acceptors (Lipinski definition) is 4. The van der Waals surface area contributed by atoms with Crippen molar-refractivity contribution in [2.24, 2.45) is 0 Å². The van der Waals surface area contributed by atoms with Crippen LogP contribution in [0, 0.1) is 0 Å². The second-order valence-electron chi connectivity index (χ2n) is 5.68. The van der Waals surface area contributed by atoms with Crippen molar-refractivity contribution >= 4 is 11.8 Å². The number of amides is 2. The molecule has 1 aromatic carbocycles. The molecule has 0 fully saturated rings. The standard InChI is InChI=1S/C18H21NO4/c20-17-15-8-4-5-9-16(15)18(21)19(17)10-11-22-12-13-23-14-6-2-1-3-7-14/h4-6,8-9H,1-3,7,10-13H2. The Morgan fingerprint density at radius 1 is 0.957 bits per heavy atom. The average molecular weight is 315 g/mol. The SMILES string of the molecule is O=C1c2ccccc2C(=O)N1CCOCCOC1=CCCCC1. The number of benzene rings is 1. The van der Waals surface area contributed by atoms with Crippen LogP contribution in [0.5, 0.6) is 0 Å². The first-order valence-electron chi connectivity index (χ1n) is 8.12. The van der Waals surface area contributed by atoms with E-state index in [4.69, 9.17) is 9.47 Å². The molecule has 0 N–H and O–H groups in total. The summed E-state index contributed by atoms with van der Waals surface area (Å²) in [5.74, 6) is 0.579. The highest BCUT2D eigenvalue weighted by molar-refractivity contribution is 6.21. The van der Waals surface area contributed by atoms with E-state index in [-0.39, 0.29) is 18.4 Å². The van der Waals surface area contributed by atoms with Gasteiger partial charge in [0.15, 0.2) is 0 Å². The molecule has 2 aliphatic rings. The van der Waals surface area contributed by atoms with Crippen LogP contribution in [0.15, 0.2) is 36.1 Å². The molecule has 5 nitrogen and oxygen atoms in total. The molecule has 0 saturated carbocycles. The first-order valence-corrected chi connectivity index (χ1v) is 8.12. The van der Waals surface area contributed by atoms with E-state index in [9.17, 15) is 9.59 Å². The molecular formula is C18H21NO4. The fourth-order valence-corrected chi connectivity index (χ4v) is 2.87. The summed E-state index contributed by atoms with van der Waals surface area (Å²) >= 11 is 0. The Kier molecular flexibility index (Phi) is 5.08. The summed E-state index contributed by atoms with van der Waals surface area (Å²) in [6.07, 6.45) is 6.67. The third-order valence-corrected chi connectivity index (χ3v) is 4.10. The summed E-state index contributed by atoms with van der Waals surface area (Å²) in [4.78, 5) is 25.5. The molecule has 23 heavy (non-hydrogen) atoms. The lowest BCUT2D eigenvalue weighted by Crippen LogP contribution is -2.33. The molecule has 3 rings (SSSR count). The Labute approximate surface area is 135 Å². The number of ether oxygens (including phenoxy) is 2. The zero-order valence-corrected chi connectivity index (χ0v) is 13.1. The van der Waals surface area contributed by atoms with Crippen molar-refractivity contribution in [3.05, 3.63) is 47.2 Å². The van der Waals surface area contributed by atoms with Crippen LogP contribution >= 0.6 is 0 Å². The fraction of sp³-hybridized carbons (Fsp3) is 0.444. The van der Waals surface area contributed by atoms with Gasteiger partial charge in [-0.1, -0.05) is 12.1 Å². The highest BCUT2D eigenvalue weighted by Gasteiger charge is 2.34. The monoisotopic (exact) mass is 315 g/mol. The van der Waals surface area contributed by atoms with Gasteiger partial charge in [0, 0.05) is 6.42 Å². The van der Waals surface area contributed by atoms with Crippen molar-refractivity contribution in [1.82, 2.24) is 4.90 Å². The van der Waals surface area contributed by atoms with Crippen molar-refractivity contribution in [2.75, 3.05) is 26.4 Å². The van der Waals surface area contributed by atoms with E-state index in [0.29, 0.717) is 30.9 Å². The zero-order valence-electron chi connectivity index (χ0n) is 13.1. The summed E-state index contributed by atoms with van der Waals surface area (Å²) in [5.41, 5.74) is 0.954. The summed E-state index contributed by atoms with van der Waals surface area (Å²) < 4.78 is 11.1. The van der Waals surface area contributed by atoms with Crippen molar-refractivity contribution in [2.45, 2.75) is 25.7 Å². The van der Waals surface area contributed by atoms with Gasteiger partial charge in [0.1, 0.15) is 6.61 Å². The van der Waals surface area contributed by atoms with Crippen LogP contribution in [0.3, 0.4) is 0 Å². The Morgan fingerprint density at radius 2 is 1.70 bits per heavy atom. The van der Waals surface area contributed by atoms with Gasteiger partial charge in [0.05, 0.1) is 36.6 Å². The highest BCUT2D eigenvalue weighted by Crippen LogP contribution is 2.22. The first-order chi connectivity index (χ1) is 11.3. The normalized spacial score (nSPS) is 17.2. The summed E-state index contributed by atoms with van der Waals surface area (Å²) in [6.45, 7) is 1.57. The second-order valence-corrected chi connectivity index (χ2v) is 5.68. The van der Waals surface area contributed by atoms with E-state index in [1.54, 1.807) is 24.3 Å². The number of carbonyl (C=O) groups excluding carboxylic acids is 2. The van der Waals surface area contributed by atoms with Crippen LogP contribution in [0.1, 0.15) is 46.4 Å². The van der Waals surface area contributed by atoms with E-state index in [2.05, 4.69) is 6.08 Å². The van der Waals surface area contributed by atoms with Gasteiger partial charge in [0.2, 0.25) is 0 Å². The van der Waals surface area contributed by atoms with Gasteiger partial charge in [-0.3, -0.25) is 14.5 Å². The van der Waals surface area contributed by atoms with Crippen molar-refractivity contribution in [3.63, 3.8) is 0 Å². The third kappa shape index (κ3) is 3.62. The van der Waals surface area contributed by atoms with Crippen LogP contribution in [0.25, 0.3) is 0 Å². The van der Waals surface area contributed by atoms with Crippen LogP contribution in [0.2, 0.25) is 0 Å². The minimum atomic E-state index is -0.238. The topological polar surface area (TPSA) is 55.8 Å². The summed E-state index contributed by atoms with van der Waals surface area (Å²) in [7, 11) is 0. The number of hydrogen-bond donors (Lipinski definition) is 0. The van der Waals surface area contributed by atoms with Gasteiger partial charge in [-0.2, -0.15) is 0 Å². The minimum absolute atomic E-state index is 0.238. The maximum Gasteiger partial charge on any atom is 0.261 e. The average Bonchev–Trinajstić information content (AvgIpc) is 2.84. The van der Waals surface area contributed by atoms with Crippen molar-refractivity contribution < 1.29 is 19.1 Å². The predicted octanol–water partition coefficient (Wildman–Crippen LogP) is 2.77. The second kappa shape index (κ2) is 7.42.